The third-order valence-corrected chi connectivity index (χ3v) is 2.96. The molecule has 0 aliphatic carbocycles. The molecule has 2 N–H and O–H groups in total. The van der Waals surface area contributed by atoms with Gasteiger partial charge in [-0.3, -0.25) is 4.90 Å². The van der Waals surface area contributed by atoms with Gasteiger partial charge >= 0.3 is 6.09 Å². The van der Waals surface area contributed by atoms with Gasteiger partial charge in [0.1, 0.15) is 6.61 Å². The molecule has 1 saturated heterocycles. The number of nitrogens with two attached hydrogens (primary N) is 1. The second-order valence-electron chi connectivity index (χ2n) is 5.25. The van der Waals surface area contributed by atoms with Crippen LogP contribution in [0.15, 0.2) is 0 Å². The van der Waals surface area contributed by atoms with Crippen LogP contribution in [0.4, 0.5) is 4.79 Å². The van der Waals surface area contributed by atoms with Crippen LogP contribution in [0.2, 0.25) is 0 Å². The lowest BCUT2D eigenvalue weighted by Gasteiger charge is -2.37. The van der Waals surface area contributed by atoms with Crippen LogP contribution in [0.25, 0.3) is 0 Å². The van der Waals surface area contributed by atoms with Crippen molar-refractivity contribution in [3.05, 3.63) is 0 Å². The van der Waals surface area contributed by atoms with Crippen molar-refractivity contribution in [1.29, 1.82) is 0 Å². The first-order valence-electron chi connectivity index (χ1n) is 5.57. The van der Waals surface area contributed by atoms with Gasteiger partial charge in [0.2, 0.25) is 0 Å². The first-order valence-corrected chi connectivity index (χ1v) is 5.57. The number of hydrogen-bond donors (Lipinski definition) is 1. The maximum absolute atomic E-state index is 10.6. The second kappa shape index (κ2) is 4.84. The summed E-state index contributed by atoms with van der Waals surface area (Å²) in [6.45, 7) is 9.11. The summed E-state index contributed by atoms with van der Waals surface area (Å²) >= 11 is 0. The minimum absolute atomic E-state index is 0.111. The van der Waals surface area contributed by atoms with Crippen molar-refractivity contribution in [2.45, 2.75) is 39.7 Å². The topological polar surface area (TPSA) is 55.6 Å². The standard InChI is InChI=1S/C11H22N2O2/c1-11(2,3)9(8-15-10(12)14)13-6-4-5-7-13/h9H,4-8H2,1-3H3,(H2,12,14). The average Bonchev–Trinajstić information content (AvgIpc) is 2.54. The molecule has 1 rings (SSSR count). The average molecular weight is 214 g/mol. The van der Waals surface area contributed by atoms with Gasteiger partial charge in [0, 0.05) is 6.04 Å². The second-order valence-corrected chi connectivity index (χ2v) is 5.25. The van der Waals surface area contributed by atoms with E-state index in [0.29, 0.717) is 6.61 Å². The van der Waals surface area contributed by atoms with Gasteiger partial charge < -0.3 is 10.5 Å². The van der Waals surface area contributed by atoms with Crippen molar-refractivity contribution < 1.29 is 9.53 Å². The molecule has 0 aromatic rings. The van der Waals surface area contributed by atoms with Crippen LogP contribution in [-0.2, 0) is 4.74 Å². The summed E-state index contributed by atoms with van der Waals surface area (Å²) in [6.07, 6.45) is 1.80. The van der Waals surface area contributed by atoms with Gasteiger partial charge in [0.15, 0.2) is 0 Å². The van der Waals surface area contributed by atoms with Crippen molar-refractivity contribution in [3.8, 4) is 0 Å². The summed E-state index contributed by atoms with van der Waals surface area (Å²) in [5, 5.41) is 0. The molecular formula is C11H22N2O2. The molecule has 1 atom stereocenters. The predicted molar refractivity (Wildman–Crippen MR) is 59.6 cm³/mol. The zero-order valence-corrected chi connectivity index (χ0v) is 9.95. The molecule has 4 heteroatoms. The van der Waals surface area contributed by atoms with Crippen molar-refractivity contribution in [1.82, 2.24) is 4.90 Å². The van der Waals surface area contributed by atoms with Crippen molar-refractivity contribution in [3.63, 3.8) is 0 Å². The monoisotopic (exact) mass is 214 g/mol. The molecule has 1 unspecified atom stereocenters. The SMILES string of the molecule is CC(C)(C)C(COC(N)=O)N1CCCC1. The molecule has 1 fully saturated rings. The Balaban J connectivity index is 2.56. The minimum Gasteiger partial charge on any atom is -0.448 e. The fourth-order valence-electron chi connectivity index (χ4n) is 2.12. The number of nitrogens with zero attached hydrogens (tertiary/aromatic N) is 1. The van der Waals surface area contributed by atoms with E-state index >= 15 is 0 Å². The van der Waals surface area contributed by atoms with Crippen LogP contribution in [0.1, 0.15) is 33.6 Å². The van der Waals surface area contributed by atoms with E-state index in [9.17, 15) is 4.79 Å². The molecule has 88 valence electrons. The highest BCUT2D eigenvalue weighted by Gasteiger charge is 2.32. The number of ether oxygens (including phenoxy) is 1. The van der Waals surface area contributed by atoms with Crippen LogP contribution in [0.3, 0.4) is 0 Å². The number of primary amides is 1. The molecular weight excluding hydrogens is 192 g/mol. The molecule has 0 aromatic heterocycles. The Morgan fingerprint density at radius 1 is 1.40 bits per heavy atom. The largest absolute Gasteiger partial charge is 0.448 e. The van der Waals surface area contributed by atoms with Crippen molar-refractivity contribution >= 4 is 6.09 Å². The Morgan fingerprint density at radius 2 is 1.93 bits per heavy atom. The summed E-state index contributed by atoms with van der Waals surface area (Å²) in [6, 6.07) is 0.271. The minimum atomic E-state index is -0.677. The number of carbonyl (C=O) groups is 1. The third-order valence-electron chi connectivity index (χ3n) is 2.96. The number of rotatable bonds is 3. The van der Waals surface area contributed by atoms with Crippen molar-refractivity contribution in [2.75, 3.05) is 19.7 Å². The molecule has 4 nitrogen and oxygen atoms in total. The Kier molecular flexibility index (Phi) is 3.97. The smallest absolute Gasteiger partial charge is 0.404 e. The zero-order chi connectivity index (χ0) is 11.5. The van der Waals surface area contributed by atoms with Gasteiger partial charge in [-0.25, -0.2) is 4.79 Å². The molecule has 0 saturated carbocycles. The molecule has 1 heterocycles. The Morgan fingerprint density at radius 3 is 2.33 bits per heavy atom. The first kappa shape index (κ1) is 12.3. The van der Waals surface area contributed by atoms with Gasteiger partial charge in [0.25, 0.3) is 0 Å². The number of likely N-dealkylation sites (tertiary alicyclic amines) is 1. The molecule has 1 aliphatic heterocycles. The lowest BCUT2D eigenvalue weighted by atomic mass is 9.86. The lowest BCUT2D eigenvalue weighted by Crippen LogP contribution is -2.46. The third kappa shape index (κ3) is 3.70. The Hall–Kier alpha value is -0.770. The van der Waals surface area contributed by atoms with Crippen molar-refractivity contribution in [2.24, 2.45) is 11.1 Å². The van der Waals surface area contributed by atoms with Crippen LogP contribution in [0, 0.1) is 5.41 Å². The first-order chi connectivity index (χ1) is 6.91. The summed E-state index contributed by atoms with van der Waals surface area (Å²) in [7, 11) is 0. The molecule has 0 aromatic carbocycles. The van der Waals surface area contributed by atoms with E-state index < -0.39 is 6.09 Å². The van der Waals surface area contributed by atoms with Crippen LogP contribution >= 0.6 is 0 Å². The zero-order valence-electron chi connectivity index (χ0n) is 9.95. The quantitative estimate of drug-likeness (QED) is 0.776. The number of amides is 1. The van der Waals surface area contributed by atoms with E-state index in [1.54, 1.807) is 0 Å². The molecule has 0 bridgehead atoms. The van der Waals surface area contributed by atoms with Gasteiger partial charge in [-0.2, -0.15) is 0 Å². The maximum atomic E-state index is 10.6. The number of hydrogen-bond acceptors (Lipinski definition) is 3. The summed E-state index contributed by atoms with van der Waals surface area (Å²) in [5.74, 6) is 0. The maximum Gasteiger partial charge on any atom is 0.404 e. The van der Waals surface area contributed by atoms with E-state index in [-0.39, 0.29) is 11.5 Å². The van der Waals surface area contributed by atoms with E-state index in [0.717, 1.165) is 13.1 Å². The highest BCUT2D eigenvalue weighted by atomic mass is 16.5. The van der Waals surface area contributed by atoms with E-state index in [2.05, 4.69) is 25.7 Å². The van der Waals surface area contributed by atoms with E-state index in [1.165, 1.54) is 12.8 Å². The molecule has 0 spiro atoms. The molecule has 15 heavy (non-hydrogen) atoms. The van der Waals surface area contributed by atoms with Crippen LogP contribution in [-0.4, -0.2) is 36.7 Å². The summed E-state index contributed by atoms with van der Waals surface area (Å²) in [4.78, 5) is 13.0. The van der Waals surface area contributed by atoms with Gasteiger partial charge in [-0.05, 0) is 31.3 Å². The normalized spacial score (nSPS) is 20.2. The summed E-state index contributed by atoms with van der Waals surface area (Å²) in [5.41, 5.74) is 5.11. The van der Waals surface area contributed by atoms with E-state index in [4.69, 9.17) is 10.5 Å². The molecule has 1 aliphatic rings. The summed E-state index contributed by atoms with van der Waals surface area (Å²) < 4.78 is 4.94. The Bertz CT molecular complexity index is 217. The highest BCUT2D eigenvalue weighted by Crippen LogP contribution is 2.27. The highest BCUT2D eigenvalue weighted by molar-refractivity contribution is 5.64. The van der Waals surface area contributed by atoms with Crippen LogP contribution < -0.4 is 5.73 Å². The van der Waals surface area contributed by atoms with Gasteiger partial charge in [-0.1, -0.05) is 20.8 Å². The number of carbonyl (C=O) groups excluding carboxylic acids is 1. The van der Waals surface area contributed by atoms with Gasteiger partial charge in [-0.15, -0.1) is 0 Å². The Labute approximate surface area is 91.8 Å². The van der Waals surface area contributed by atoms with Crippen LogP contribution in [0.5, 0.6) is 0 Å². The fraction of sp³-hybridized carbons (Fsp3) is 0.909. The molecule has 1 amide bonds. The predicted octanol–water partition coefficient (Wildman–Crippen LogP) is 1.59. The lowest BCUT2D eigenvalue weighted by molar-refractivity contribution is 0.0513. The molecule has 0 radical (unpaired) electrons. The van der Waals surface area contributed by atoms with E-state index in [1.807, 2.05) is 0 Å². The van der Waals surface area contributed by atoms with Gasteiger partial charge in [0.05, 0.1) is 0 Å². The fourth-order valence-corrected chi connectivity index (χ4v) is 2.12.